The molecule has 0 fully saturated rings. The molecule has 0 saturated carbocycles. The molecule has 7 heteroatoms. The van der Waals surface area contributed by atoms with Crippen LogP contribution in [0.5, 0.6) is 0 Å². The number of pyridine rings is 1. The summed E-state index contributed by atoms with van der Waals surface area (Å²) in [6.45, 7) is 0.591. The van der Waals surface area contributed by atoms with E-state index < -0.39 is 0 Å². The Bertz CT molecular complexity index is 731. The van der Waals surface area contributed by atoms with Crippen LogP contribution in [-0.4, -0.2) is 24.3 Å². The van der Waals surface area contributed by atoms with Crippen molar-refractivity contribution >= 4 is 34.4 Å². The Labute approximate surface area is 119 Å². The Morgan fingerprint density at radius 3 is 2.89 bits per heavy atom. The van der Waals surface area contributed by atoms with Gasteiger partial charge in [-0.2, -0.15) is 5.10 Å². The fourth-order valence-electron chi connectivity index (χ4n) is 2.01. The molecule has 3 aromatic heterocycles. The number of rotatable bonds is 3. The van der Waals surface area contributed by atoms with E-state index in [1.165, 1.54) is 0 Å². The summed E-state index contributed by atoms with van der Waals surface area (Å²) in [6.07, 6.45) is 3.51. The predicted octanol–water partition coefficient (Wildman–Crippen LogP) is 2.61. The van der Waals surface area contributed by atoms with Gasteiger partial charge in [-0.25, -0.2) is 9.97 Å². The number of halogens is 2. The lowest BCUT2D eigenvalue weighted by atomic mass is 10.4. The first-order chi connectivity index (χ1) is 9.17. The molecule has 0 aliphatic carbocycles. The monoisotopic (exact) mass is 295 g/mol. The molecule has 98 valence electrons. The second-order valence-corrected chi connectivity index (χ2v) is 4.93. The zero-order valence-corrected chi connectivity index (χ0v) is 11.7. The molecule has 0 spiro atoms. The molecule has 0 amide bonds. The summed E-state index contributed by atoms with van der Waals surface area (Å²) in [5.74, 6) is 1.08. The second kappa shape index (κ2) is 4.83. The van der Waals surface area contributed by atoms with Gasteiger partial charge in [-0.1, -0.05) is 11.6 Å². The van der Waals surface area contributed by atoms with Crippen LogP contribution >= 0.6 is 23.2 Å². The van der Waals surface area contributed by atoms with Crippen LogP contribution in [0, 0.1) is 0 Å². The summed E-state index contributed by atoms with van der Waals surface area (Å²) in [7, 11) is 1.88. The minimum absolute atomic E-state index is 0.320. The van der Waals surface area contributed by atoms with Crippen LogP contribution in [0.15, 0.2) is 24.5 Å². The maximum absolute atomic E-state index is 5.95. The maximum atomic E-state index is 5.95. The van der Waals surface area contributed by atoms with E-state index in [4.69, 9.17) is 23.2 Å². The van der Waals surface area contributed by atoms with Crippen LogP contribution < -0.4 is 0 Å². The van der Waals surface area contributed by atoms with Crippen LogP contribution in [0.2, 0.25) is 5.02 Å². The molecule has 19 heavy (non-hydrogen) atoms. The van der Waals surface area contributed by atoms with Gasteiger partial charge in [-0.3, -0.25) is 4.68 Å². The molecule has 3 heterocycles. The van der Waals surface area contributed by atoms with Crippen molar-refractivity contribution in [2.45, 2.75) is 12.4 Å². The topological polar surface area (TPSA) is 48.5 Å². The quantitative estimate of drug-likeness (QED) is 0.698. The highest BCUT2D eigenvalue weighted by molar-refractivity contribution is 6.31. The van der Waals surface area contributed by atoms with E-state index >= 15 is 0 Å². The van der Waals surface area contributed by atoms with E-state index in [-0.39, 0.29) is 0 Å². The Morgan fingerprint density at radius 2 is 2.21 bits per heavy atom. The summed E-state index contributed by atoms with van der Waals surface area (Å²) in [5.41, 5.74) is 2.45. The molecule has 5 nitrogen and oxygen atoms in total. The van der Waals surface area contributed by atoms with Crippen molar-refractivity contribution in [1.29, 1.82) is 0 Å². The number of imidazole rings is 1. The molecule has 3 rings (SSSR count). The number of alkyl halides is 1. The molecule has 3 aromatic rings. The van der Waals surface area contributed by atoms with E-state index in [0.29, 0.717) is 17.4 Å². The summed E-state index contributed by atoms with van der Waals surface area (Å²) in [5, 5.41) is 4.92. The van der Waals surface area contributed by atoms with Crippen molar-refractivity contribution in [2.75, 3.05) is 0 Å². The van der Waals surface area contributed by atoms with Gasteiger partial charge in [0.15, 0.2) is 5.65 Å². The molecule has 0 saturated heterocycles. The van der Waals surface area contributed by atoms with Crippen molar-refractivity contribution in [1.82, 2.24) is 24.3 Å². The summed E-state index contributed by atoms with van der Waals surface area (Å²) in [4.78, 5) is 8.77. The molecule has 0 aromatic carbocycles. The molecule has 0 unspecified atom stereocenters. The number of aromatic nitrogens is 5. The molecular weight excluding hydrogens is 285 g/mol. The zero-order chi connectivity index (χ0) is 13.4. The normalized spacial score (nSPS) is 11.3. The standard InChI is InChI=1S/C12H11Cl2N5/c1-18-3-2-9(17-18)7-19-11(5-13)16-10-4-8(14)6-15-12(10)19/h2-4,6H,5,7H2,1H3. The van der Waals surface area contributed by atoms with Crippen LogP contribution in [0.4, 0.5) is 0 Å². The first-order valence-corrected chi connectivity index (χ1v) is 6.64. The zero-order valence-electron chi connectivity index (χ0n) is 10.2. The van der Waals surface area contributed by atoms with Crippen molar-refractivity contribution in [3.8, 4) is 0 Å². The summed E-state index contributed by atoms with van der Waals surface area (Å²) >= 11 is 11.9. The van der Waals surface area contributed by atoms with Gasteiger partial charge < -0.3 is 4.57 Å². The second-order valence-electron chi connectivity index (χ2n) is 4.22. The number of hydrogen-bond donors (Lipinski definition) is 0. The van der Waals surface area contributed by atoms with Gasteiger partial charge in [-0.15, -0.1) is 11.6 Å². The Kier molecular flexibility index (Phi) is 3.16. The van der Waals surface area contributed by atoms with Gasteiger partial charge >= 0.3 is 0 Å². The molecule has 0 N–H and O–H groups in total. The lowest BCUT2D eigenvalue weighted by Crippen LogP contribution is -2.05. The summed E-state index contributed by atoms with van der Waals surface area (Å²) < 4.78 is 3.72. The van der Waals surface area contributed by atoms with Crippen LogP contribution in [-0.2, 0) is 19.5 Å². The minimum atomic E-state index is 0.320. The smallest absolute Gasteiger partial charge is 0.160 e. The van der Waals surface area contributed by atoms with Crippen molar-refractivity contribution in [3.05, 3.63) is 41.1 Å². The molecule has 0 atom stereocenters. The first kappa shape index (κ1) is 12.4. The van der Waals surface area contributed by atoms with E-state index in [2.05, 4.69) is 15.1 Å². The molecule has 0 aliphatic heterocycles. The van der Waals surface area contributed by atoms with Gasteiger partial charge in [0.2, 0.25) is 0 Å². The lowest BCUT2D eigenvalue weighted by molar-refractivity contribution is 0.698. The van der Waals surface area contributed by atoms with E-state index in [9.17, 15) is 0 Å². The lowest BCUT2D eigenvalue weighted by Gasteiger charge is -2.04. The largest absolute Gasteiger partial charge is 0.306 e. The van der Waals surface area contributed by atoms with E-state index in [1.807, 2.05) is 23.9 Å². The Hall–Kier alpha value is -1.59. The highest BCUT2D eigenvalue weighted by Crippen LogP contribution is 2.20. The summed E-state index contributed by atoms with van der Waals surface area (Å²) in [6, 6.07) is 3.74. The number of fused-ring (bicyclic) bond motifs is 1. The maximum Gasteiger partial charge on any atom is 0.160 e. The molecule has 0 radical (unpaired) electrons. The fraction of sp³-hybridized carbons (Fsp3) is 0.250. The van der Waals surface area contributed by atoms with Gasteiger partial charge in [0.05, 0.1) is 23.1 Å². The van der Waals surface area contributed by atoms with Gasteiger partial charge in [0.25, 0.3) is 0 Å². The minimum Gasteiger partial charge on any atom is -0.306 e. The average Bonchev–Trinajstić information content (AvgIpc) is 2.94. The predicted molar refractivity (Wildman–Crippen MR) is 74.4 cm³/mol. The van der Waals surface area contributed by atoms with Crippen molar-refractivity contribution in [2.24, 2.45) is 7.05 Å². The molecule has 0 bridgehead atoms. The number of nitrogens with zero attached hydrogens (tertiary/aromatic N) is 5. The van der Waals surface area contributed by atoms with Crippen LogP contribution in [0.25, 0.3) is 11.2 Å². The van der Waals surface area contributed by atoms with Crippen LogP contribution in [0.1, 0.15) is 11.5 Å². The highest BCUT2D eigenvalue weighted by atomic mass is 35.5. The molecule has 0 aliphatic rings. The Morgan fingerprint density at radius 1 is 1.37 bits per heavy atom. The first-order valence-electron chi connectivity index (χ1n) is 5.72. The van der Waals surface area contributed by atoms with Crippen molar-refractivity contribution in [3.63, 3.8) is 0 Å². The van der Waals surface area contributed by atoms with Gasteiger partial charge in [0.1, 0.15) is 11.3 Å². The number of aryl methyl sites for hydroxylation is 1. The third-order valence-electron chi connectivity index (χ3n) is 2.84. The van der Waals surface area contributed by atoms with Gasteiger partial charge in [-0.05, 0) is 12.1 Å². The SMILES string of the molecule is Cn1ccc(Cn2c(CCl)nc3cc(Cl)cnc32)n1. The van der Waals surface area contributed by atoms with Crippen molar-refractivity contribution < 1.29 is 0 Å². The van der Waals surface area contributed by atoms with E-state index in [1.54, 1.807) is 16.9 Å². The van der Waals surface area contributed by atoms with E-state index in [0.717, 1.165) is 22.7 Å². The number of hydrogen-bond acceptors (Lipinski definition) is 3. The average molecular weight is 296 g/mol. The third-order valence-corrected chi connectivity index (χ3v) is 3.28. The molecular formula is C12H11Cl2N5. The van der Waals surface area contributed by atoms with Gasteiger partial charge in [0, 0.05) is 19.4 Å². The Balaban J connectivity index is 2.10. The van der Waals surface area contributed by atoms with Crippen LogP contribution in [0.3, 0.4) is 0 Å². The third kappa shape index (κ3) is 2.31. The fourth-order valence-corrected chi connectivity index (χ4v) is 2.37. The highest BCUT2D eigenvalue weighted by Gasteiger charge is 2.12.